The van der Waals surface area contributed by atoms with E-state index in [-0.39, 0.29) is 23.1 Å². The zero-order valence-electron chi connectivity index (χ0n) is 14.9. The van der Waals surface area contributed by atoms with Crippen LogP contribution in [0.15, 0.2) is 55.1 Å². The molecule has 0 amide bonds. The smallest absolute Gasteiger partial charge is 0.217 e. The third-order valence-electron chi connectivity index (χ3n) is 4.18. The fourth-order valence-electron chi connectivity index (χ4n) is 2.99. The van der Waals surface area contributed by atoms with Crippen molar-refractivity contribution >= 4 is 40.2 Å². The minimum Gasteiger partial charge on any atom is -0.457 e. The van der Waals surface area contributed by atoms with E-state index >= 15 is 0 Å². The summed E-state index contributed by atoms with van der Waals surface area (Å²) in [6, 6.07) is 12.5. The monoisotopic (exact) mass is 485 g/mol. The summed E-state index contributed by atoms with van der Waals surface area (Å²) < 4.78 is 19.6. The lowest BCUT2D eigenvalue weighted by Gasteiger charge is -2.29. The molecule has 2 aromatic carbocycles. The van der Waals surface area contributed by atoms with E-state index in [0.29, 0.717) is 40.3 Å². The molecule has 1 fully saturated rings. The topological polar surface area (TPSA) is 58.4 Å². The van der Waals surface area contributed by atoms with Gasteiger partial charge in [0.25, 0.3) is 0 Å². The van der Waals surface area contributed by atoms with Gasteiger partial charge >= 0.3 is 0 Å². The maximum absolute atomic E-state index is 6.57. The molecular formula is C19H18BrCl2N3O3. The molecular weight excluding hydrogens is 469 g/mol. The van der Waals surface area contributed by atoms with Gasteiger partial charge in [0.05, 0.1) is 17.7 Å². The lowest BCUT2D eigenvalue weighted by atomic mass is 10.1. The van der Waals surface area contributed by atoms with Gasteiger partial charge in [0.1, 0.15) is 30.7 Å². The number of halogens is 3. The highest BCUT2D eigenvalue weighted by Crippen LogP contribution is 2.41. The van der Waals surface area contributed by atoms with E-state index in [1.807, 2.05) is 19.1 Å². The molecule has 1 saturated heterocycles. The van der Waals surface area contributed by atoms with Crippen LogP contribution in [0, 0.1) is 0 Å². The number of ether oxygens (including phenoxy) is 3. The molecule has 28 heavy (non-hydrogen) atoms. The molecule has 0 radical (unpaired) electrons. The van der Waals surface area contributed by atoms with Gasteiger partial charge in [-0.1, -0.05) is 23.2 Å². The maximum Gasteiger partial charge on any atom is 0.217 e. The second kappa shape index (κ2) is 8.80. The molecule has 0 bridgehead atoms. The Morgan fingerprint density at radius 1 is 1.18 bits per heavy atom. The van der Waals surface area contributed by atoms with Crippen molar-refractivity contribution in [1.29, 1.82) is 0 Å². The Kier molecular flexibility index (Phi) is 6.62. The van der Waals surface area contributed by atoms with Crippen molar-refractivity contribution in [2.75, 3.05) is 6.61 Å². The molecule has 3 aromatic rings. The molecule has 148 valence electrons. The average Bonchev–Trinajstić information content (AvgIpc) is 3.28. The lowest BCUT2D eigenvalue weighted by molar-refractivity contribution is -0.186. The van der Waals surface area contributed by atoms with Gasteiger partial charge in [0, 0.05) is 10.6 Å². The van der Waals surface area contributed by atoms with Crippen LogP contribution >= 0.6 is 40.2 Å². The number of hydrogen-bond donors (Lipinski definition) is 0. The van der Waals surface area contributed by atoms with E-state index in [2.05, 4.69) is 10.1 Å². The van der Waals surface area contributed by atoms with Crippen LogP contribution in [0.25, 0.3) is 0 Å². The Morgan fingerprint density at radius 2 is 1.93 bits per heavy atom. The van der Waals surface area contributed by atoms with Gasteiger partial charge < -0.3 is 14.2 Å². The SMILES string of the molecule is Br.C[C@H]1CO[C@](Cn2cncn2)(c2ccc(Oc3ccc(Cl)cc3)cc2Cl)O1. The third kappa shape index (κ3) is 4.50. The second-order valence-electron chi connectivity index (χ2n) is 6.28. The summed E-state index contributed by atoms with van der Waals surface area (Å²) in [7, 11) is 0. The summed E-state index contributed by atoms with van der Waals surface area (Å²) in [5.74, 6) is 0.249. The molecule has 2 heterocycles. The van der Waals surface area contributed by atoms with Crippen molar-refractivity contribution in [3.8, 4) is 11.5 Å². The predicted molar refractivity (Wildman–Crippen MR) is 111 cm³/mol. The number of hydrogen-bond acceptors (Lipinski definition) is 5. The molecule has 9 heteroatoms. The normalized spacial score (nSPS) is 21.3. The van der Waals surface area contributed by atoms with Crippen molar-refractivity contribution in [3.05, 3.63) is 70.7 Å². The van der Waals surface area contributed by atoms with Crippen molar-refractivity contribution in [3.63, 3.8) is 0 Å². The Labute approximate surface area is 183 Å². The molecule has 1 aliphatic rings. The van der Waals surface area contributed by atoms with E-state index in [4.69, 9.17) is 37.4 Å². The van der Waals surface area contributed by atoms with Gasteiger partial charge in [0.15, 0.2) is 0 Å². The van der Waals surface area contributed by atoms with Crippen LogP contribution in [0.3, 0.4) is 0 Å². The number of benzene rings is 2. The first-order valence-corrected chi connectivity index (χ1v) is 9.17. The quantitative estimate of drug-likeness (QED) is 0.493. The molecule has 1 aliphatic heterocycles. The molecule has 0 saturated carbocycles. The highest BCUT2D eigenvalue weighted by Gasteiger charge is 2.44. The second-order valence-corrected chi connectivity index (χ2v) is 7.13. The van der Waals surface area contributed by atoms with Crippen LogP contribution in [-0.4, -0.2) is 27.5 Å². The minimum atomic E-state index is -1.02. The van der Waals surface area contributed by atoms with Crippen LogP contribution in [-0.2, 0) is 21.8 Å². The largest absolute Gasteiger partial charge is 0.457 e. The first-order chi connectivity index (χ1) is 13.0. The lowest BCUT2D eigenvalue weighted by Crippen LogP contribution is -2.34. The van der Waals surface area contributed by atoms with Crippen LogP contribution < -0.4 is 4.74 Å². The summed E-state index contributed by atoms with van der Waals surface area (Å²) in [6.07, 6.45) is 3.02. The molecule has 0 N–H and O–H groups in total. The summed E-state index contributed by atoms with van der Waals surface area (Å²) in [4.78, 5) is 3.98. The highest BCUT2D eigenvalue weighted by atomic mass is 79.9. The van der Waals surface area contributed by atoms with Gasteiger partial charge in [-0.25, -0.2) is 9.67 Å². The van der Waals surface area contributed by atoms with Crippen molar-refractivity contribution in [2.24, 2.45) is 0 Å². The van der Waals surface area contributed by atoms with Gasteiger partial charge in [-0.15, -0.1) is 17.0 Å². The van der Waals surface area contributed by atoms with Gasteiger partial charge in [-0.2, -0.15) is 5.10 Å². The van der Waals surface area contributed by atoms with E-state index < -0.39 is 5.79 Å². The van der Waals surface area contributed by atoms with Crippen LogP contribution in [0.2, 0.25) is 10.0 Å². The molecule has 6 nitrogen and oxygen atoms in total. The van der Waals surface area contributed by atoms with Gasteiger partial charge in [-0.3, -0.25) is 0 Å². The zero-order chi connectivity index (χ0) is 18.9. The van der Waals surface area contributed by atoms with Crippen molar-refractivity contribution < 1.29 is 14.2 Å². The summed E-state index contributed by atoms with van der Waals surface area (Å²) in [5, 5.41) is 5.28. The molecule has 0 aliphatic carbocycles. The van der Waals surface area contributed by atoms with Crippen molar-refractivity contribution in [1.82, 2.24) is 14.8 Å². The van der Waals surface area contributed by atoms with Gasteiger partial charge in [-0.05, 0) is 49.4 Å². The molecule has 4 rings (SSSR count). The van der Waals surface area contributed by atoms with E-state index in [0.717, 1.165) is 0 Å². The summed E-state index contributed by atoms with van der Waals surface area (Å²) >= 11 is 12.5. The zero-order valence-corrected chi connectivity index (χ0v) is 18.1. The third-order valence-corrected chi connectivity index (χ3v) is 4.74. The summed E-state index contributed by atoms with van der Waals surface area (Å²) in [5.41, 5.74) is 0.715. The Balaban J connectivity index is 0.00000225. The van der Waals surface area contributed by atoms with E-state index in [1.165, 1.54) is 6.33 Å². The van der Waals surface area contributed by atoms with Crippen molar-refractivity contribution in [2.45, 2.75) is 25.4 Å². The van der Waals surface area contributed by atoms with Crippen LogP contribution in [0.4, 0.5) is 0 Å². The fourth-order valence-corrected chi connectivity index (χ4v) is 3.43. The Hall–Kier alpha value is -1.64. The average molecular weight is 487 g/mol. The number of nitrogens with zero attached hydrogens (tertiary/aromatic N) is 3. The Bertz CT molecular complexity index is 925. The number of aromatic nitrogens is 3. The molecule has 2 atom stereocenters. The standard InChI is InChI=1S/C19H17Cl2N3O3.BrH/c1-13-9-25-19(27-13,10-24-12-22-11-23-24)17-7-6-16(8-18(17)21)26-15-4-2-14(20)3-5-15;/h2-8,11-13H,9-10H2,1H3;1H/t13-,19-;/m0./s1. The first kappa shape index (κ1) is 21.1. The van der Waals surface area contributed by atoms with Crippen LogP contribution in [0.5, 0.6) is 11.5 Å². The molecule has 0 unspecified atom stereocenters. The van der Waals surface area contributed by atoms with Gasteiger partial charge in [0.2, 0.25) is 5.79 Å². The number of rotatable bonds is 5. The molecule has 1 aromatic heterocycles. The fraction of sp³-hybridized carbons (Fsp3) is 0.263. The molecule has 0 spiro atoms. The minimum absolute atomic E-state index is 0. The highest BCUT2D eigenvalue weighted by molar-refractivity contribution is 8.93. The first-order valence-electron chi connectivity index (χ1n) is 8.42. The Morgan fingerprint density at radius 3 is 2.54 bits per heavy atom. The van der Waals surface area contributed by atoms with Crippen LogP contribution in [0.1, 0.15) is 12.5 Å². The maximum atomic E-state index is 6.57. The van der Waals surface area contributed by atoms with E-state index in [9.17, 15) is 0 Å². The predicted octanol–water partition coefficient (Wildman–Crippen LogP) is 5.24. The summed E-state index contributed by atoms with van der Waals surface area (Å²) in [6.45, 7) is 2.76. The van der Waals surface area contributed by atoms with E-state index in [1.54, 1.807) is 41.3 Å².